The van der Waals surface area contributed by atoms with Crippen molar-refractivity contribution in [3.8, 4) is 0 Å². The molecule has 17 unspecified atom stereocenters. The Labute approximate surface area is 442 Å². The number of fused-ring (bicyclic) bond motifs is 3. The van der Waals surface area contributed by atoms with Crippen LogP contribution < -0.4 is 0 Å². The Bertz CT molecular complexity index is 1460. The Hall–Kier alpha value is -1.43. The van der Waals surface area contributed by atoms with Crippen molar-refractivity contribution in [3.05, 3.63) is 12.2 Å². The first-order chi connectivity index (χ1) is 26.4. The summed E-state index contributed by atoms with van der Waals surface area (Å²) in [5.74, 6) is -0.683. The molecule has 72 heavy (non-hydrogen) atoms. The van der Waals surface area contributed by atoms with Gasteiger partial charge in [-0.15, -0.1) is 0 Å². The highest BCUT2D eigenvalue weighted by molar-refractivity contribution is 5.77. The van der Waals surface area contributed by atoms with Crippen LogP contribution in [0.3, 0.4) is 0 Å². The van der Waals surface area contributed by atoms with E-state index in [1.165, 1.54) is 0 Å². The van der Waals surface area contributed by atoms with Crippen molar-refractivity contribution < 1.29 is 89.4 Å². The van der Waals surface area contributed by atoms with E-state index in [4.69, 9.17) is 28.4 Å². The fraction of sp³-hybridized carbons (Fsp3) is 0.944. The molecule has 0 amide bonds. The molecule has 21 atom stereocenters. The topological polar surface area (TPSA) is 295 Å². The molecule has 18 nitrogen and oxygen atoms in total. The van der Waals surface area contributed by atoms with Gasteiger partial charge in [-0.1, -0.05) is 139 Å². The minimum Gasteiger partial charge on any atom is -0.432 e. The van der Waals surface area contributed by atoms with Crippen LogP contribution in [0.4, 0.5) is 0 Å². The Morgan fingerprint density at radius 2 is 0.958 bits per heavy atom. The molecule has 11 N–H and O–H groups in total. The minimum atomic E-state index is -1.86. The zero-order valence-electron chi connectivity index (χ0n) is 31.8. The van der Waals surface area contributed by atoms with Gasteiger partial charge in [0.15, 0.2) is 18.7 Å². The van der Waals surface area contributed by atoms with Crippen molar-refractivity contribution in [2.24, 2.45) is 28.1 Å². The molecule has 7 aliphatic rings. The van der Waals surface area contributed by atoms with Crippen LogP contribution in [-0.4, -0.2) is 180 Å². The van der Waals surface area contributed by atoms with Crippen molar-refractivity contribution in [2.45, 2.75) is 288 Å². The summed E-state index contributed by atoms with van der Waals surface area (Å²) in [5, 5.41) is 114. The molecule has 18 heteroatoms. The molecule has 3 aliphatic heterocycles. The number of esters is 1. The third-order valence-corrected chi connectivity index (χ3v) is 15.0. The van der Waals surface area contributed by atoms with Gasteiger partial charge in [0.1, 0.15) is 67.1 Å². The van der Waals surface area contributed by atoms with E-state index in [1.54, 1.807) is 0 Å². The second kappa shape index (κ2) is 34.4. The smallest absolute Gasteiger partial charge is 0.314 e. The van der Waals surface area contributed by atoms with E-state index >= 15 is 0 Å². The summed E-state index contributed by atoms with van der Waals surface area (Å²) in [6.45, 7) is 6.42. The number of ether oxygens (including phenoxy) is 6. The van der Waals surface area contributed by atoms with Crippen LogP contribution in [0.2, 0.25) is 0 Å². The van der Waals surface area contributed by atoms with Gasteiger partial charge in [0.2, 0.25) is 6.29 Å². The van der Waals surface area contributed by atoms with Gasteiger partial charge in [0.25, 0.3) is 0 Å². The van der Waals surface area contributed by atoms with E-state index in [0.717, 1.165) is 18.4 Å². The van der Waals surface area contributed by atoms with E-state index in [2.05, 4.69) is 13.5 Å². The highest BCUT2D eigenvalue weighted by atomic mass is 16.8. The van der Waals surface area contributed by atoms with Crippen molar-refractivity contribution >= 4 is 5.97 Å². The lowest BCUT2D eigenvalue weighted by atomic mass is 9.41. The van der Waals surface area contributed by atoms with Gasteiger partial charge in [-0.25, -0.2) is 0 Å². The quantitative estimate of drug-likeness (QED) is 0.0616. The first-order valence-corrected chi connectivity index (χ1v) is 19.9. The first-order valence-electron chi connectivity index (χ1n) is 19.9. The summed E-state index contributed by atoms with van der Waals surface area (Å²) in [4.78, 5) is 14.6. The average molecular weight is 1060 g/mol. The summed E-state index contributed by atoms with van der Waals surface area (Å²) in [6.07, 6.45) is -18.0. The second-order valence-electron chi connectivity index (χ2n) is 18.0. The molecule has 3 saturated heterocycles. The minimum absolute atomic E-state index is 0. The zero-order chi connectivity index (χ0) is 40.7. The zero-order valence-corrected chi connectivity index (χ0v) is 31.8. The summed E-state index contributed by atoms with van der Waals surface area (Å²) in [7, 11) is 0. The van der Waals surface area contributed by atoms with Gasteiger partial charge < -0.3 is 84.6 Å². The van der Waals surface area contributed by atoms with E-state index in [9.17, 15) is 61.0 Å². The number of aliphatic hydroxyl groups excluding tert-OH is 11. The predicted molar refractivity (Wildman–Crippen MR) is 294 cm³/mol. The molecule has 7 fully saturated rings. The van der Waals surface area contributed by atoms with E-state index in [0.29, 0.717) is 44.9 Å². The maximum absolute atomic E-state index is 14.6. The molecular weight excluding hydrogens is 937 g/mol. The molecule has 3 heterocycles. The highest BCUT2D eigenvalue weighted by Crippen LogP contribution is 2.73. The van der Waals surface area contributed by atoms with Gasteiger partial charge in [0.05, 0.1) is 30.8 Å². The van der Waals surface area contributed by atoms with Gasteiger partial charge in [-0.05, 0) is 86.5 Å². The van der Waals surface area contributed by atoms with Crippen LogP contribution in [0.5, 0.6) is 0 Å². The summed E-state index contributed by atoms with van der Waals surface area (Å²) in [6, 6.07) is 0. The monoisotopic (exact) mass is 1060 g/mol. The van der Waals surface area contributed by atoms with Crippen LogP contribution in [0.1, 0.15) is 190 Å². The number of carbonyl (C=O) groups is 1. The fourth-order valence-corrected chi connectivity index (χ4v) is 12.0. The molecule has 4 aliphatic carbocycles. The third-order valence-electron chi connectivity index (χ3n) is 15.0. The Morgan fingerprint density at radius 1 is 0.542 bits per heavy atom. The van der Waals surface area contributed by atoms with Crippen LogP contribution in [0, 0.1) is 28.1 Å². The van der Waals surface area contributed by atoms with Gasteiger partial charge >= 0.3 is 5.97 Å². The molecule has 2 bridgehead atoms. The van der Waals surface area contributed by atoms with Crippen molar-refractivity contribution in [2.75, 3.05) is 19.8 Å². The molecule has 7 rings (SSSR count). The van der Waals surface area contributed by atoms with Crippen molar-refractivity contribution in [1.82, 2.24) is 0 Å². The fourth-order valence-electron chi connectivity index (χ4n) is 12.0. The second-order valence-corrected chi connectivity index (χ2v) is 18.0. The molecule has 448 valence electrons. The molecule has 0 aromatic rings. The van der Waals surface area contributed by atoms with E-state index < -0.39 is 129 Å². The maximum atomic E-state index is 14.6. The normalized spacial score (nSPS) is 42.5. The Morgan fingerprint density at radius 3 is 1.43 bits per heavy atom. The average Bonchev–Trinajstić information content (AvgIpc) is 3.37. The largest absolute Gasteiger partial charge is 0.432 e. The Balaban J connectivity index is -0.000000300. The third kappa shape index (κ3) is 15.0. The lowest BCUT2D eigenvalue weighted by molar-refractivity contribution is -0.363. The summed E-state index contributed by atoms with van der Waals surface area (Å²) in [5.41, 5.74) is -1.68. The van der Waals surface area contributed by atoms with Gasteiger partial charge in [-0.3, -0.25) is 4.79 Å². The number of hydrogen-bond donors (Lipinski definition) is 11. The van der Waals surface area contributed by atoms with E-state index in [1.807, 2.05) is 6.92 Å². The SMILES string of the molecule is C.C.C.C.C.C.C.C.C.C.C.C.C.C.C.C.C=C1C[C@@]23CCC4[C@](C)(C(=O)OC5OC(CO)C(O)C(O)C5OC5OC(CO)C(O)C(O)C5O)CCC[C@@]4(C)[C@@H]2CCC1(OC1OC(CO)C(O)C(O)C1O)C3. The summed E-state index contributed by atoms with van der Waals surface area (Å²) >= 11 is 0. The predicted octanol–water partition coefficient (Wildman–Crippen LogP) is 7.24. The Kier molecular flexibility index (Phi) is 44.4. The standard InChI is InChI=1S/C38H60O18.16CH4/c1-16-11-37-9-5-20-35(2,21(37)6-10-38(16,15-37)56-32-29(49)26(46)23(43)18(13-40)52-32)7-4-8-36(20,3)34(50)55-33-30(27(47)24(44)19(14-41)53-33)54-31-28(48)25(45)22(42)17(12-39)51-31;;;;;;;;;;;;;;;;/h17-33,39-49H,1,4-15H2,2-3H3;16*1H4/t17?,18?,19?,20?,21-,22?,23?,24?,25?,26?,27?,28?,29?,30?,31?,32?,33?,35+,36+,37+,38?;;;;;;;;;;;;;;;;/m0................/s1. The first kappa shape index (κ1) is 93.1. The number of aliphatic hydroxyl groups is 11. The molecule has 1 spiro atoms. The van der Waals surface area contributed by atoms with Crippen LogP contribution in [0.25, 0.3) is 0 Å². The van der Waals surface area contributed by atoms with Crippen molar-refractivity contribution in [3.63, 3.8) is 0 Å². The van der Waals surface area contributed by atoms with Gasteiger partial charge in [-0.2, -0.15) is 0 Å². The lowest BCUT2D eigenvalue weighted by Crippen LogP contribution is -2.65. The van der Waals surface area contributed by atoms with Crippen LogP contribution >= 0.6 is 0 Å². The van der Waals surface area contributed by atoms with E-state index in [-0.39, 0.29) is 141 Å². The van der Waals surface area contributed by atoms with Gasteiger partial charge in [0, 0.05) is 0 Å². The molecule has 0 radical (unpaired) electrons. The number of hydrogen-bond acceptors (Lipinski definition) is 18. The maximum Gasteiger partial charge on any atom is 0.314 e. The molecule has 0 aromatic heterocycles. The van der Waals surface area contributed by atoms with Crippen LogP contribution in [-0.2, 0) is 33.2 Å². The summed E-state index contributed by atoms with van der Waals surface area (Å²) < 4.78 is 35.4. The number of rotatable bonds is 9. The molecule has 4 saturated carbocycles. The molecular formula is C54H124O18. The van der Waals surface area contributed by atoms with Crippen molar-refractivity contribution in [1.29, 1.82) is 0 Å². The lowest BCUT2D eigenvalue weighted by Gasteiger charge is -2.64. The van der Waals surface area contributed by atoms with Crippen LogP contribution in [0.15, 0.2) is 12.2 Å². The molecule has 0 aromatic carbocycles. The number of carbonyl (C=O) groups excluding carboxylic acids is 1. The highest BCUT2D eigenvalue weighted by Gasteiger charge is 2.69.